The van der Waals surface area contributed by atoms with Crippen molar-refractivity contribution in [1.82, 2.24) is 4.98 Å². The number of para-hydroxylation sites is 1. The van der Waals surface area contributed by atoms with Crippen LogP contribution < -0.4 is 0 Å². The van der Waals surface area contributed by atoms with Gasteiger partial charge in [-0.2, -0.15) is 0 Å². The van der Waals surface area contributed by atoms with E-state index in [0.29, 0.717) is 11.3 Å². The van der Waals surface area contributed by atoms with E-state index in [2.05, 4.69) is 4.98 Å². The highest BCUT2D eigenvalue weighted by atomic mass is 16.3. The number of ketones is 1. The van der Waals surface area contributed by atoms with E-state index in [4.69, 9.17) is 4.42 Å². The van der Waals surface area contributed by atoms with Crippen LogP contribution in [0.1, 0.15) is 16.1 Å². The first-order chi connectivity index (χ1) is 8.84. The molecule has 0 fully saturated rings. The standard InChI is InChI=1S/C15H11NO2/c17-15(10-11-4-3-9-18-11)13-7-8-16-14-6-2-1-5-12(13)14/h1-9H,10H2. The van der Waals surface area contributed by atoms with E-state index in [1.807, 2.05) is 24.3 Å². The molecule has 3 aromatic rings. The number of benzene rings is 1. The van der Waals surface area contributed by atoms with Crippen LogP contribution in [0.15, 0.2) is 59.3 Å². The molecule has 0 radical (unpaired) electrons. The zero-order chi connectivity index (χ0) is 12.4. The van der Waals surface area contributed by atoms with Crippen LogP contribution in [-0.4, -0.2) is 10.8 Å². The number of fused-ring (bicyclic) bond motifs is 1. The predicted molar refractivity (Wildman–Crippen MR) is 68.5 cm³/mol. The average molecular weight is 237 g/mol. The van der Waals surface area contributed by atoms with Crippen molar-refractivity contribution in [3.05, 3.63) is 66.2 Å². The minimum Gasteiger partial charge on any atom is -0.469 e. The molecule has 0 bridgehead atoms. The summed E-state index contributed by atoms with van der Waals surface area (Å²) in [4.78, 5) is 16.5. The van der Waals surface area contributed by atoms with E-state index in [-0.39, 0.29) is 12.2 Å². The average Bonchev–Trinajstić information content (AvgIpc) is 2.91. The number of hydrogen-bond donors (Lipinski definition) is 0. The van der Waals surface area contributed by atoms with Gasteiger partial charge in [-0.15, -0.1) is 0 Å². The molecule has 3 heteroatoms. The third kappa shape index (κ3) is 1.91. The normalized spacial score (nSPS) is 10.7. The van der Waals surface area contributed by atoms with Crippen LogP contribution in [0.2, 0.25) is 0 Å². The van der Waals surface area contributed by atoms with Gasteiger partial charge in [-0.1, -0.05) is 18.2 Å². The van der Waals surface area contributed by atoms with E-state index in [0.717, 1.165) is 10.9 Å². The van der Waals surface area contributed by atoms with Crippen molar-refractivity contribution in [3.8, 4) is 0 Å². The van der Waals surface area contributed by atoms with Gasteiger partial charge in [-0.05, 0) is 24.3 Å². The number of nitrogens with zero attached hydrogens (tertiary/aromatic N) is 1. The number of hydrogen-bond acceptors (Lipinski definition) is 3. The maximum Gasteiger partial charge on any atom is 0.171 e. The molecule has 0 unspecified atom stereocenters. The smallest absolute Gasteiger partial charge is 0.171 e. The van der Waals surface area contributed by atoms with Gasteiger partial charge < -0.3 is 4.42 Å². The van der Waals surface area contributed by atoms with Crippen molar-refractivity contribution in [3.63, 3.8) is 0 Å². The lowest BCUT2D eigenvalue weighted by molar-refractivity contribution is 0.0988. The summed E-state index contributed by atoms with van der Waals surface area (Å²) in [5.41, 5.74) is 1.53. The third-order valence-corrected chi connectivity index (χ3v) is 2.86. The van der Waals surface area contributed by atoms with E-state index in [9.17, 15) is 4.79 Å². The Morgan fingerprint density at radius 3 is 2.83 bits per heavy atom. The second-order valence-corrected chi connectivity index (χ2v) is 4.05. The molecule has 0 aliphatic heterocycles. The van der Waals surface area contributed by atoms with E-state index in [1.165, 1.54) is 0 Å². The fourth-order valence-corrected chi connectivity index (χ4v) is 2.01. The van der Waals surface area contributed by atoms with Crippen LogP contribution in [0.5, 0.6) is 0 Å². The molecule has 3 nitrogen and oxygen atoms in total. The number of furan rings is 1. The summed E-state index contributed by atoms with van der Waals surface area (Å²) in [6.07, 6.45) is 3.52. The van der Waals surface area contributed by atoms with Crippen molar-refractivity contribution in [2.45, 2.75) is 6.42 Å². The Bertz CT molecular complexity index is 681. The maximum absolute atomic E-state index is 12.2. The van der Waals surface area contributed by atoms with E-state index in [1.54, 1.807) is 30.7 Å². The molecule has 0 saturated carbocycles. The fourth-order valence-electron chi connectivity index (χ4n) is 2.01. The number of rotatable bonds is 3. The lowest BCUT2D eigenvalue weighted by Gasteiger charge is -2.03. The fraction of sp³-hybridized carbons (Fsp3) is 0.0667. The van der Waals surface area contributed by atoms with E-state index >= 15 is 0 Å². The summed E-state index contributed by atoms with van der Waals surface area (Å²) in [5.74, 6) is 0.726. The quantitative estimate of drug-likeness (QED) is 0.657. The minimum absolute atomic E-state index is 0.0450. The Morgan fingerprint density at radius 2 is 2.00 bits per heavy atom. The van der Waals surface area contributed by atoms with Crippen LogP contribution >= 0.6 is 0 Å². The van der Waals surface area contributed by atoms with Crippen LogP contribution in [0.3, 0.4) is 0 Å². The Hall–Kier alpha value is -2.42. The number of aromatic nitrogens is 1. The molecular formula is C15H11NO2. The molecule has 2 aromatic heterocycles. The van der Waals surface area contributed by atoms with Gasteiger partial charge in [0.1, 0.15) is 5.76 Å². The van der Waals surface area contributed by atoms with Crippen molar-refractivity contribution in [2.75, 3.05) is 0 Å². The van der Waals surface area contributed by atoms with Gasteiger partial charge in [-0.25, -0.2) is 0 Å². The van der Waals surface area contributed by atoms with Crippen molar-refractivity contribution in [1.29, 1.82) is 0 Å². The number of carbonyl (C=O) groups excluding carboxylic acids is 1. The molecule has 0 atom stereocenters. The summed E-state index contributed by atoms with van der Waals surface area (Å²) in [6.45, 7) is 0. The molecule has 18 heavy (non-hydrogen) atoms. The number of pyridine rings is 1. The lowest BCUT2D eigenvalue weighted by Crippen LogP contribution is -2.04. The Balaban J connectivity index is 2.01. The first kappa shape index (κ1) is 10.7. The second-order valence-electron chi connectivity index (χ2n) is 4.05. The molecule has 3 rings (SSSR count). The molecule has 1 aromatic carbocycles. The first-order valence-corrected chi connectivity index (χ1v) is 5.74. The van der Waals surface area contributed by atoms with Gasteiger partial charge in [0.15, 0.2) is 5.78 Å². The van der Waals surface area contributed by atoms with Gasteiger partial charge in [0.2, 0.25) is 0 Å². The van der Waals surface area contributed by atoms with E-state index < -0.39 is 0 Å². The Kier molecular flexibility index (Phi) is 2.65. The van der Waals surface area contributed by atoms with Crippen LogP contribution in [0, 0.1) is 0 Å². The highest BCUT2D eigenvalue weighted by Crippen LogP contribution is 2.18. The summed E-state index contributed by atoms with van der Waals surface area (Å²) in [7, 11) is 0. The maximum atomic E-state index is 12.2. The third-order valence-electron chi connectivity index (χ3n) is 2.86. The minimum atomic E-state index is 0.0450. The highest BCUT2D eigenvalue weighted by Gasteiger charge is 2.12. The van der Waals surface area contributed by atoms with Crippen molar-refractivity contribution in [2.24, 2.45) is 0 Å². The first-order valence-electron chi connectivity index (χ1n) is 5.74. The van der Waals surface area contributed by atoms with Gasteiger partial charge in [-0.3, -0.25) is 9.78 Å². The monoisotopic (exact) mass is 237 g/mol. The summed E-state index contributed by atoms with van der Waals surface area (Å²) >= 11 is 0. The Labute approximate surface area is 104 Å². The lowest BCUT2D eigenvalue weighted by atomic mass is 10.0. The van der Waals surface area contributed by atoms with Gasteiger partial charge in [0.05, 0.1) is 18.2 Å². The number of carbonyl (C=O) groups is 1. The molecule has 0 amide bonds. The topological polar surface area (TPSA) is 43.1 Å². The molecule has 0 aliphatic rings. The summed E-state index contributed by atoms with van der Waals surface area (Å²) in [6, 6.07) is 13.0. The SMILES string of the molecule is O=C(Cc1ccco1)c1ccnc2ccccc12. The Morgan fingerprint density at radius 1 is 1.11 bits per heavy atom. The molecular weight excluding hydrogens is 226 g/mol. The van der Waals surface area contributed by atoms with Crippen molar-refractivity contribution >= 4 is 16.7 Å². The second kappa shape index (κ2) is 4.45. The van der Waals surface area contributed by atoms with Crippen LogP contribution in [-0.2, 0) is 6.42 Å². The van der Waals surface area contributed by atoms with Crippen LogP contribution in [0.4, 0.5) is 0 Å². The zero-order valence-electron chi connectivity index (χ0n) is 9.67. The van der Waals surface area contributed by atoms with Gasteiger partial charge in [0.25, 0.3) is 0 Å². The molecule has 0 spiro atoms. The zero-order valence-corrected chi connectivity index (χ0v) is 9.67. The van der Waals surface area contributed by atoms with Gasteiger partial charge in [0, 0.05) is 17.1 Å². The highest BCUT2D eigenvalue weighted by molar-refractivity contribution is 6.07. The molecule has 0 aliphatic carbocycles. The number of Topliss-reactive ketones (excluding diaryl/α,β-unsaturated/α-hetero) is 1. The molecule has 0 saturated heterocycles. The summed E-state index contributed by atoms with van der Waals surface area (Å²) in [5, 5.41) is 0.886. The van der Waals surface area contributed by atoms with Gasteiger partial charge >= 0.3 is 0 Å². The molecule has 88 valence electrons. The predicted octanol–water partition coefficient (Wildman–Crippen LogP) is 3.25. The molecule has 0 N–H and O–H groups in total. The van der Waals surface area contributed by atoms with Crippen LogP contribution in [0.25, 0.3) is 10.9 Å². The molecule has 2 heterocycles. The summed E-state index contributed by atoms with van der Waals surface area (Å²) < 4.78 is 5.20. The largest absolute Gasteiger partial charge is 0.469 e. The van der Waals surface area contributed by atoms with Crippen molar-refractivity contribution < 1.29 is 9.21 Å².